The molecule has 1 aliphatic rings. The van der Waals surface area contributed by atoms with Crippen molar-refractivity contribution < 1.29 is 28.3 Å². The minimum Gasteiger partial charge on any atom is -0.465 e. The van der Waals surface area contributed by atoms with Crippen molar-refractivity contribution in [3.05, 3.63) is 65.2 Å². The van der Waals surface area contributed by atoms with Gasteiger partial charge in [-0.1, -0.05) is 36.4 Å². The SMILES string of the molecule is O=C(O)Nc1ccc(CCS(=O)(=O)N2CCc3ccccc3C2C(=O)NO)cc1. The van der Waals surface area contributed by atoms with Crippen molar-refractivity contribution in [3.8, 4) is 0 Å². The zero-order chi connectivity index (χ0) is 21.0. The molecule has 29 heavy (non-hydrogen) atoms. The molecular formula is C19H21N3O6S. The van der Waals surface area contributed by atoms with Crippen molar-refractivity contribution in [3.63, 3.8) is 0 Å². The number of rotatable bonds is 6. The number of fused-ring (bicyclic) bond motifs is 1. The standard InChI is InChI=1S/C19H21N3O6S/c23-18(21-26)17-16-4-2-1-3-14(16)9-11-22(17)29(27,28)12-10-13-5-7-15(8-6-13)20-19(24)25/h1-8,17,20,26H,9-12H2,(H,21,23)(H,24,25). The minimum absolute atomic E-state index is 0.138. The Balaban J connectivity index is 1.77. The summed E-state index contributed by atoms with van der Waals surface area (Å²) < 4.78 is 27.1. The third kappa shape index (κ3) is 4.73. The molecule has 0 spiro atoms. The molecule has 2 aromatic rings. The lowest BCUT2D eigenvalue weighted by molar-refractivity contribution is -0.133. The van der Waals surface area contributed by atoms with Gasteiger partial charge in [0.15, 0.2) is 0 Å². The topological polar surface area (TPSA) is 136 Å². The number of anilines is 1. The first-order valence-electron chi connectivity index (χ1n) is 8.92. The molecule has 0 radical (unpaired) electrons. The highest BCUT2D eigenvalue weighted by Crippen LogP contribution is 2.32. The number of amides is 2. The third-order valence-electron chi connectivity index (χ3n) is 4.81. The summed E-state index contributed by atoms with van der Waals surface area (Å²) in [5.74, 6) is -1.03. The number of hydrogen-bond acceptors (Lipinski definition) is 5. The maximum Gasteiger partial charge on any atom is 0.409 e. The van der Waals surface area contributed by atoms with Gasteiger partial charge in [-0.05, 0) is 41.7 Å². The van der Waals surface area contributed by atoms with Crippen molar-refractivity contribution in [2.45, 2.75) is 18.9 Å². The second kappa shape index (κ2) is 8.60. The number of benzene rings is 2. The van der Waals surface area contributed by atoms with Crippen LogP contribution in [0.3, 0.4) is 0 Å². The molecule has 1 unspecified atom stereocenters. The average molecular weight is 419 g/mol. The molecule has 0 saturated heterocycles. The van der Waals surface area contributed by atoms with Gasteiger partial charge in [0.2, 0.25) is 10.0 Å². The Morgan fingerprint density at radius 2 is 1.79 bits per heavy atom. The van der Waals surface area contributed by atoms with Crippen LogP contribution in [-0.2, 0) is 27.7 Å². The highest BCUT2D eigenvalue weighted by Gasteiger charge is 2.39. The number of hydrogen-bond donors (Lipinski definition) is 4. The summed E-state index contributed by atoms with van der Waals surface area (Å²) in [6.07, 6.45) is -0.513. The van der Waals surface area contributed by atoms with Crippen LogP contribution in [-0.4, -0.2) is 47.3 Å². The van der Waals surface area contributed by atoms with E-state index in [1.165, 1.54) is 0 Å². The molecule has 0 saturated carbocycles. The fraction of sp³-hybridized carbons (Fsp3) is 0.263. The highest BCUT2D eigenvalue weighted by molar-refractivity contribution is 7.89. The molecule has 10 heteroatoms. The normalized spacial score (nSPS) is 16.7. The maximum absolute atomic E-state index is 13.0. The van der Waals surface area contributed by atoms with E-state index in [-0.39, 0.29) is 18.7 Å². The van der Waals surface area contributed by atoms with Gasteiger partial charge in [0.25, 0.3) is 5.91 Å². The largest absolute Gasteiger partial charge is 0.465 e. The number of sulfonamides is 1. The van der Waals surface area contributed by atoms with Crippen LogP contribution in [0.1, 0.15) is 22.7 Å². The first kappa shape index (κ1) is 20.8. The summed E-state index contributed by atoms with van der Waals surface area (Å²) >= 11 is 0. The van der Waals surface area contributed by atoms with Gasteiger partial charge in [-0.2, -0.15) is 4.31 Å². The first-order valence-corrected chi connectivity index (χ1v) is 10.5. The van der Waals surface area contributed by atoms with E-state index < -0.39 is 28.1 Å². The van der Waals surface area contributed by atoms with Crippen molar-refractivity contribution >= 4 is 27.7 Å². The zero-order valence-corrected chi connectivity index (χ0v) is 16.2. The van der Waals surface area contributed by atoms with Gasteiger partial charge in [0.05, 0.1) is 5.75 Å². The molecule has 1 aliphatic heterocycles. The molecule has 154 valence electrons. The van der Waals surface area contributed by atoms with Gasteiger partial charge in [-0.25, -0.2) is 18.7 Å². The maximum atomic E-state index is 13.0. The third-order valence-corrected chi connectivity index (χ3v) is 6.64. The molecule has 2 aromatic carbocycles. The van der Waals surface area contributed by atoms with Gasteiger partial charge in [0.1, 0.15) is 6.04 Å². The fourth-order valence-corrected chi connectivity index (χ4v) is 5.05. The Labute approximate surface area is 168 Å². The number of carbonyl (C=O) groups is 2. The Hall–Kier alpha value is -2.95. The Morgan fingerprint density at radius 3 is 2.45 bits per heavy atom. The van der Waals surface area contributed by atoms with Crippen molar-refractivity contribution in [2.24, 2.45) is 0 Å². The zero-order valence-electron chi connectivity index (χ0n) is 15.4. The van der Waals surface area contributed by atoms with Crippen LogP contribution >= 0.6 is 0 Å². The lowest BCUT2D eigenvalue weighted by atomic mass is 9.94. The molecule has 1 atom stereocenters. The molecule has 0 bridgehead atoms. The molecule has 3 rings (SSSR count). The van der Waals surface area contributed by atoms with Crippen LogP contribution in [0.25, 0.3) is 0 Å². The Morgan fingerprint density at radius 1 is 1.10 bits per heavy atom. The van der Waals surface area contributed by atoms with E-state index in [4.69, 9.17) is 10.3 Å². The van der Waals surface area contributed by atoms with E-state index in [1.54, 1.807) is 41.9 Å². The van der Waals surface area contributed by atoms with E-state index in [0.717, 1.165) is 9.87 Å². The van der Waals surface area contributed by atoms with E-state index in [0.29, 0.717) is 23.2 Å². The van der Waals surface area contributed by atoms with Crippen molar-refractivity contribution in [1.82, 2.24) is 9.79 Å². The highest BCUT2D eigenvalue weighted by atomic mass is 32.2. The van der Waals surface area contributed by atoms with Gasteiger partial charge in [0, 0.05) is 12.2 Å². The summed E-state index contributed by atoms with van der Waals surface area (Å²) in [6, 6.07) is 12.3. The smallest absolute Gasteiger partial charge is 0.409 e. The van der Waals surface area contributed by atoms with Crippen LogP contribution in [0, 0.1) is 0 Å². The van der Waals surface area contributed by atoms with Crippen LogP contribution in [0.15, 0.2) is 48.5 Å². The second-order valence-electron chi connectivity index (χ2n) is 6.63. The summed E-state index contributed by atoms with van der Waals surface area (Å²) in [6.45, 7) is 0.138. The quantitative estimate of drug-likeness (QED) is 0.416. The monoisotopic (exact) mass is 419 g/mol. The van der Waals surface area contributed by atoms with E-state index >= 15 is 0 Å². The van der Waals surface area contributed by atoms with E-state index in [1.807, 2.05) is 12.1 Å². The summed E-state index contributed by atoms with van der Waals surface area (Å²) in [5, 5.41) is 20.0. The molecule has 2 amide bonds. The predicted octanol–water partition coefficient (Wildman–Crippen LogP) is 1.75. The molecule has 0 fully saturated rings. The van der Waals surface area contributed by atoms with Crippen LogP contribution in [0.5, 0.6) is 0 Å². The lowest BCUT2D eigenvalue weighted by Gasteiger charge is -2.34. The predicted molar refractivity (Wildman–Crippen MR) is 105 cm³/mol. The molecular weight excluding hydrogens is 398 g/mol. The summed E-state index contributed by atoms with van der Waals surface area (Å²) in [5.41, 5.74) is 4.10. The Bertz CT molecular complexity index is 1010. The van der Waals surface area contributed by atoms with E-state index in [9.17, 15) is 18.0 Å². The van der Waals surface area contributed by atoms with Crippen molar-refractivity contribution in [2.75, 3.05) is 17.6 Å². The molecule has 0 aromatic heterocycles. The second-order valence-corrected chi connectivity index (χ2v) is 8.67. The summed E-state index contributed by atoms with van der Waals surface area (Å²) in [7, 11) is -3.81. The first-order chi connectivity index (χ1) is 13.8. The average Bonchev–Trinajstić information content (AvgIpc) is 2.71. The fourth-order valence-electron chi connectivity index (χ4n) is 3.42. The van der Waals surface area contributed by atoms with Crippen LogP contribution in [0.2, 0.25) is 0 Å². The number of aryl methyl sites for hydroxylation is 1. The number of carboxylic acid groups (broad SMARTS) is 1. The number of hydroxylamine groups is 1. The molecule has 9 nitrogen and oxygen atoms in total. The lowest BCUT2D eigenvalue weighted by Crippen LogP contribution is -2.47. The van der Waals surface area contributed by atoms with E-state index in [2.05, 4.69) is 5.32 Å². The van der Waals surface area contributed by atoms with Gasteiger partial charge in [-0.15, -0.1) is 0 Å². The Kier molecular flexibility index (Phi) is 6.16. The number of nitrogens with zero attached hydrogens (tertiary/aromatic N) is 1. The van der Waals surface area contributed by atoms with Crippen molar-refractivity contribution in [1.29, 1.82) is 0 Å². The number of nitrogens with one attached hydrogen (secondary N) is 2. The molecule has 0 aliphatic carbocycles. The van der Waals surface area contributed by atoms with Gasteiger partial charge in [-0.3, -0.25) is 15.3 Å². The minimum atomic E-state index is -3.81. The molecule has 4 N–H and O–H groups in total. The number of carbonyl (C=O) groups excluding carboxylic acids is 1. The van der Waals surface area contributed by atoms with Crippen LogP contribution < -0.4 is 10.8 Å². The van der Waals surface area contributed by atoms with Gasteiger partial charge < -0.3 is 5.11 Å². The van der Waals surface area contributed by atoms with Gasteiger partial charge >= 0.3 is 6.09 Å². The summed E-state index contributed by atoms with van der Waals surface area (Å²) in [4.78, 5) is 22.9. The van der Waals surface area contributed by atoms with Crippen LogP contribution in [0.4, 0.5) is 10.5 Å². The molecule has 1 heterocycles.